The molecule has 4 heteroatoms. The summed E-state index contributed by atoms with van der Waals surface area (Å²) in [6.45, 7) is 3.85. The Kier molecular flexibility index (Phi) is 3.62. The number of aromatic nitrogens is 2. The molecular formula is C8H14N2OS. The molecular weight excluding hydrogens is 172 g/mol. The van der Waals surface area contributed by atoms with Crippen molar-refractivity contribution in [3.8, 4) is 0 Å². The summed E-state index contributed by atoms with van der Waals surface area (Å²) in [5, 5.41) is 9.91. The number of thioether (sulfide) groups is 1. The third-order valence-corrected chi connectivity index (χ3v) is 2.58. The smallest absolute Gasteiger partial charge is 0.165 e. The number of rotatable bonds is 4. The summed E-state index contributed by atoms with van der Waals surface area (Å²) in [6, 6.07) is 0. The molecule has 0 fully saturated rings. The lowest BCUT2D eigenvalue weighted by Gasteiger charge is -1.99. The van der Waals surface area contributed by atoms with Crippen LogP contribution in [0.1, 0.15) is 19.5 Å². The van der Waals surface area contributed by atoms with Crippen molar-refractivity contribution >= 4 is 11.8 Å². The van der Waals surface area contributed by atoms with E-state index in [4.69, 9.17) is 5.11 Å². The third kappa shape index (κ3) is 2.87. The Bertz CT molecular complexity index is 235. The van der Waals surface area contributed by atoms with Gasteiger partial charge in [-0.2, -0.15) is 0 Å². The number of H-pyrrole nitrogens is 1. The van der Waals surface area contributed by atoms with E-state index in [-0.39, 0.29) is 6.10 Å². The van der Waals surface area contributed by atoms with Crippen molar-refractivity contribution in [1.29, 1.82) is 0 Å². The number of aliphatic hydroxyl groups excluding tert-OH is 1. The molecule has 1 aromatic heterocycles. The van der Waals surface area contributed by atoms with E-state index in [0.717, 1.165) is 17.3 Å². The molecule has 0 saturated heterocycles. The monoisotopic (exact) mass is 186 g/mol. The van der Waals surface area contributed by atoms with E-state index < -0.39 is 0 Å². The van der Waals surface area contributed by atoms with Gasteiger partial charge < -0.3 is 10.1 Å². The van der Waals surface area contributed by atoms with E-state index in [1.165, 1.54) is 0 Å². The maximum atomic E-state index is 9.02. The van der Waals surface area contributed by atoms with E-state index in [2.05, 4.69) is 16.9 Å². The molecule has 0 amide bonds. The first-order valence-corrected chi connectivity index (χ1v) is 5.05. The maximum absolute atomic E-state index is 9.02. The van der Waals surface area contributed by atoms with Crippen LogP contribution in [0.2, 0.25) is 0 Å². The van der Waals surface area contributed by atoms with Gasteiger partial charge in [-0.25, -0.2) is 4.98 Å². The van der Waals surface area contributed by atoms with Crippen molar-refractivity contribution in [2.75, 3.05) is 5.75 Å². The van der Waals surface area contributed by atoms with Crippen LogP contribution in [-0.2, 0) is 6.42 Å². The highest BCUT2D eigenvalue weighted by atomic mass is 32.2. The first kappa shape index (κ1) is 9.61. The van der Waals surface area contributed by atoms with Crippen molar-refractivity contribution in [2.45, 2.75) is 31.5 Å². The van der Waals surface area contributed by atoms with Crippen LogP contribution in [0.25, 0.3) is 0 Å². The predicted octanol–water partition coefficient (Wildman–Crippen LogP) is 1.44. The first-order valence-electron chi connectivity index (χ1n) is 4.07. The molecule has 0 spiro atoms. The zero-order valence-electron chi connectivity index (χ0n) is 7.37. The topological polar surface area (TPSA) is 48.9 Å². The van der Waals surface area contributed by atoms with Crippen LogP contribution in [0, 0.1) is 0 Å². The summed E-state index contributed by atoms with van der Waals surface area (Å²) in [5.41, 5.74) is 1.14. The Hall–Kier alpha value is -0.480. The molecule has 0 aromatic carbocycles. The standard InChI is InChI=1S/C8H14N2OS/c1-3-7-4-9-8(10-7)12-5-6(2)11/h4,6,11H,3,5H2,1-2H3,(H,9,10)/t6-/m0/s1. The van der Waals surface area contributed by atoms with E-state index in [0.29, 0.717) is 5.75 Å². The average Bonchev–Trinajstić information content (AvgIpc) is 2.48. The van der Waals surface area contributed by atoms with Crippen LogP contribution in [0.5, 0.6) is 0 Å². The quantitative estimate of drug-likeness (QED) is 0.700. The molecule has 68 valence electrons. The minimum absolute atomic E-state index is 0.273. The van der Waals surface area contributed by atoms with Gasteiger partial charge in [-0.05, 0) is 13.3 Å². The largest absolute Gasteiger partial charge is 0.393 e. The number of nitrogens with one attached hydrogen (secondary N) is 1. The molecule has 0 radical (unpaired) electrons. The second-order valence-electron chi connectivity index (χ2n) is 2.73. The Morgan fingerprint density at radius 1 is 1.75 bits per heavy atom. The fourth-order valence-electron chi connectivity index (χ4n) is 0.791. The molecule has 0 aliphatic carbocycles. The molecule has 1 heterocycles. The minimum atomic E-state index is -0.273. The van der Waals surface area contributed by atoms with E-state index in [1.807, 2.05) is 6.20 Å². The number of nitrogens with zero attached hydrogens (tertiary/aromatic N) is 1. The van der Waals surface area contributed by atoms with Crippen LogP contribution in [0.4, 0.5) is 0 Å². The molecule has 2 N–H and O–H groups in total. The van der Waals surface area contributed by atoms with Gasteiger partial charge in [0.15, 0.2) is 5.16 Å². The Morgan fingerprint density at radius 3 is 3.00 bits per heavy atom. The summed E-state index contributed by atoms with van der Waals surface area (Å²) in [6.07, 6.45) is 2.54. The lowest BCUT2D eigenvalue weighted by Crippen LogP contribution is -2.02. The van der Waals surface area contributed by atoms with Crippen molar-refractivity contribution in [2.24, 2.45) is 0 Å². The number of aliphatic hydroxyl groups is 1. The van der Waals surface area contributed by atoms with Crippen LogP contribution in [0.15, 0.2) is 11.4 Å². The normalized spacial score (nSPS) is 13.2. The molecule has 1 aromatic rings. The number of imidazole rings is 1. The zero-order chi connectivity index (χ0) is 8.97. The van der Waals surface area contributed by atoms with Crippen molar-refractivity contribution < 1.29 is 5.11 Å². The molecule has 1 rings (SSSR count). The highest BCUT2D eigenvalue weighted by molar-refractivity contribution is 7.99. The van der Waals surface area contributed by atoms with Gasteiger partial charge in [-0.3, -0.25) is 0 Å². The molecule has 0 saturated carbocycles. The van der Waals surface area contributed by atoms with Crippen LogP contribution < -0.4 is 0 Å². The van der Waals surface area contributed by atoms with E-state index >= 15 is 0 Å². The lowest BCUT2D eigenvalue weighted by atomic mass is 10.4. The third-order valence-electron chi connectivity index (χ3n) is 1.45. The maximum Gasteiger partial charge on any atom is 0.165 e. The van der Waals surface area contributed by atoms with Gasteiger partial charge in [-0.1, -0.05) is 18.7 Å². The van der Waals surface area contributed by atoms with Crippen LogP contribution in [0.3, 0.4) is 0 Å². The lowest BCUT2D eigenvalue weighted by molar-refractivity contribution is 0.220. The first-order chi connectivity index (χ1) is 5.72. The summed E-state index contributed by atoms with van der Waals surface area (Å²) in [4.78, 5) is 7.31. The predicted molar refractivity (Wildman–Crippen MR) is 50.4 cm³/mol. The highest BCUT2D eigenvalue weighted by Gasteiger charge is 2.01. The van der Waals surface area contributed by atoms with Crippen LogP contribution >= 0.6 is 11.8 Å². The van der Waals surface area contributed by atoms with Gasteiger partial charge in [0.05, 0.1) is 6.10 Å². The number of hydrogen-bond acceptors (Lipinski definition) is 3. The van der Waals surface area contributed by atoms with Crippen LogP contribution in [-0.4, -0.2) is 26.9 Å². The van der Waals surface area contributed by atoms with E-state index in [9.17, 15) is 0 Å². The summed E-state index contributed by atoms with van der Waals surface area (Å²) in [5.74, 6) is 0.691. The fourth-order valence-corrected chi connectivity index (χ4v) is 1.52. The molecule has 0 unspecified atom stereocenters. The Balaban J connectivity index is 2.41. The van der Waals surface area contributed by atoms with Gasteiger partial charge in [0.25, 0.3) is 0 Å². The number of aromatic amines is 1. The summed E-state index contributed by atoms with van der Waals surface area (Å²) < 4.78 is 0. The molecule has 0 bridgehead atoms. The van der Waals surface area contributed by atoms with E-state index in [1.54, 1.807) is 18.7 Å². The molecule has 12 heavy (non-hydrogen) atoms. The zero-order valence-corrected chi connectivity index (χ0v) is 8.19. The number of aryl methyl sites for hydroxylation is 1. The van der Waals surface area contributed by atoms with Gasteiger partial charge >= 0.3 is 0 Å². The molecule has 0 aliphatic heterocycles. The van der Waals surface area contributed by atoms with Gasteiger partial charge in [0.2, 0.25) is 0 Å². The summed E-state index contributed by atoms with van der Waals surface area (Å²) in [7, 11) is 0. The average molecular weight is 186 g/mol. The van der Waals surface area contributed by atoms with Gasteiger partial charge in [0, 0.05) is 17.6 Å². The van der Waals surface area contributed by atoms with Crippen molar-refractivity contribution in [1.82, 2.24) is 9.97 Å². The SMILES string of the molecule is CCc1cnc(SC[C@H](C)O)[nH]1. The summed E-state index contributed by atoms with van der Waals surface area (Å²) >= 11 is 1.55. The Labute approximate surface area is 76.6 Å². The molecule has 3 nitrogen and oxygen atoms in total. The Morgan fingerprint density at radius 2 is 2.50 bits per heavy atom. The number of hydrogen-bond donors (Lipinski definition) is 2. The van der Waals surface area contributed by atoms with Crippen molar-refractivity contribution in [3.05, 3.63) is 11.9 Å². The molecule has 0 aliphatic rings. The fraction of sp³-hybridized carbons (Fsp3) is 0.625. The molecule has 1 atom stereocenters. The highest BCUT2D eigenvalue weighted by Crippen LogP contribution is 2.14. The second-order valence-corrected chi connectivity index (χ2v) is 3.74. The van der Waals surface area contributed by atoms with Gasteiger partial charge in [0.1, 0.15) is 0 Å². The second kappa shape index (κ2) is 4.52. The van der Waals surface area contributed by atoms with Crippen molar-refractivity contribution in [3.63, 3.8) is 0 Å². The minimum Gasteiger partial charge on any atom is -0.393 e. The van der Waals surface area contributed by atoms with Gasteiger partial charge in [-0.15, -0.1) is 0 Å².